The van der Waals surface area contributed by atoms with Gasteiger partial charge in [0, 0.05) is 0 Å². The van der Waals surface area contributed by atoms with Crippen LogP contribution >= 0.6 is 11.8 Å². The highest BCUT2D eigenvalue weighted by atomic mass is 32.2. The van der Waals surface area contributed by atoms with E-state index in [-0.39, 0.29) is 24.8 Å². The van der Waals surface area contributed by atoms with Crippen LogP contribution in [0.25, 0.3) is 5.69 Å². The van der Waals surface area contributed by atoms with Crippen molar-refractivity contribution in [2.45, 2.75) is 25.9 Å². The molecule has 2 rings (SSSR count). The smallest absolute Gasteiger partial charge is 0.325 e. The van der Waals surface area contributed by atoms with Gasteiger partial charge in [0.25, 0.3) is 0 Å². The second-order valence-electron chi connectivity index (χ2n) is 5.09. The molecule has 0 saturated carbocycles. The number of aryl methyl sites for hydroxylation is 2. The molecule has 24 heavy (non-hydrogen) atoms. The predicted octanol–water partition coefficient (Wildman–Crippen LogP) is 1.05. The van der Waals surface area contributed by atoms with Gasteiger partial charge in [-0.15, -0.1) is 5.10 Å². The summed E-state index contributed by atoms with van der Waals surface area (Å²) in [5, 5.41) is 14.6. The first-order chi connectivity index (χ1) is 11.5. The summed E-state index contributed by atoms with van der Waals surface area (Å²) in [6, 6.07) is 5.99. The van der Waals surface area contributed by atoms with Crippen molar-refractivity contribution in [3.05, 3.63) is 29.3 Å². The third-order valence-electron chi connectivity index (χ3n) is 2.96. The average Bonchev–Trinajstić information content (AvgIpc) is 2.99. The Kier molecular flexibility index (Phi) is 6.30. The number of carbonyl (C=O) groups excluding carboxylic acids is 2. The summed E-state index contributed by atoms with van der Waals surface area (Å²) in [7, 11) is 0. The lowest BCUT2D eigenvalue weighted by molar-refractivity contribution is -0.143. The molecule has 0 spiro atoms. The van der Waals surface area contributed by atoms with Crippen LogP contribution in [0.3, 0.4) is 0 Å². The molecule has 1 aromatic heterocycles. The molecule has 0 aliphatic rings. The molecule has 0 saturated heterocycles. The van der Waals surface area contributed by atoms with Gasteiger partial charge in [-0.2, -0.15) is 4.68 Å². The fourth-order valence-corrected chi connectivity index (χ4v) is 2.79. The van der Waals surface area contributed by atoms with Gasteiger partial charge in [-0.3, -0.25) is 9.59 Å². The third kappa shape index (κ3) is 5.05. The van der Waals surface area contributed by atoms with Crippen LogP contribution in [0.5, 0.6) is 0 Å². The van der Waals surface area contributed by atoms with E-state index in [9.17, 15) is 9.59 Å². The zero-order valence-electron chi connectivity index (χ0n) is 13.8. The molecule has 1 heterocycles. The van der Waals surface area contributed by atoms with Crippen LogP contribution in [0.2, 0.25) is 0 Å². The highest BCUT2D eigenvalue weighted by Gasteiger charge is 2.13. The normalized spacial score (nSPS) is 10.5. The summed E-state index contributed by atoms with van der Waals surface area (Å²) in [5.74, 6) is -0.649. The van der Waals surface area contributed by atoms with E-state index in [1.54, 1.807) is 11.6 Å². The minimum Gasteiger partial charge on any atom is -0.465 e. The minimum absolute atomic E-state index is 0.102. The highest BCUT2D eigenvalue weighted by molar-refractivity contribution is 7.99. The first-order valence-electron chi connectivity index (χ1n) is 7.41. The Bertz CT molecular complexity index is 711. The van der Waals surface area contributed by atoms with Gasteiger partial charge in [0.05, 0.1) is 18.0 Å². The number of nitrogens with zero attached hydrogens (tertiary/aromatic N) is 4. The lowest BCUT2D eigenvalue weighted by Gasteiger charge is -2.07. The predicted molar refractivity (Wildman–Crippen MR) is 89.0 cm³/mol. The minimum atomic E-state index is -0.462. The van der Waals surface area contributed by atoms with Crippen LogP contribution < -0.4 is 5.32 Å². The molecule has 0 atom stereocenters. The molecule has 0 aliphatic carbocycles. The van der Waals surface area contributed by atoms with Crippen molar-refractivity contribution in [3.8, 4) is 5.69 Å². The summed E-state index contributed by atoms with van der Waals surface area (Å²) in [6.07, 6.45) is 0. The summed E-state index contributed by atoms with van der Waals surface area (Å²) < 4.78 is 6.33. The van der Waals surface area contributed by atoms with Crippen molar-refractivity contribution in [2.75, 3.05) is 18.9 Å². The molecule has 1 aromatic carbocycles. The molecule has 0 radical (unpaired) electrons. The van der Waals surface area contributed by atoms with E-state index in [0.29, 0.717) is 5.16 Å². The summed E-state index contributed by atoms with van der Waals surface area (Å²) in [5.41, 5.74) is 3.04. The van der Waals surface area contributed by atoms with E-state index < -0.39 is 5.97 Å². The third-order valence-corrected chi connectivity index (χ3v) is 3.88. The maximum absolute atomic E-state index is 11.8. The lowest BCUT2D eigenvalue weighted by Crippen LogP contribution is -2.31. The van der Waals surface area contributed by atoms with Gasteiger partial charge in [0.15, 0.2) is 0 Å². The molecular formula is C15H19N5O3S. The molecular weight excluding hydrogens is 330 g/mol. The number of aromatic nitrogens is 4. The molecule has 0 bridgehead atoms. The van der Waals surface area contributed by atoms with Crippen molar-refractivity contribution < 1.29 is 14.3 Å². The molecule has 2 aromatic rings. The topological polar surface area (TPSA) is 99.0 Å². The van der Waals surface area contributed by atoms with E-state index in [1.807, 2.05) is 26.0 Å². The summed E-state index contributed by atoms with van der Waals surface area (Å²) >= 11 is 1.20. The van der Waals surface area contributed by atoms with Crippen molar-refractivity contribution in [3.63, 3.8) is 0 Å². The average molecular weight is 349 g/mol. The van der Waals surface area contributed by atoms with Gasteiger partial charge in [-0.25, -0.2) is 0 Å². The molecule has 0 fully saturated rings. The zero-order chi connectivity index (χ0) is 17.5. The monoisotopic (exact) mass is 349 g/mol. The summed E-state index contributed by atoms with van der Waals surface area (Å²) in [4.78, 5) is 23.0. The number of rotatable bonds is 7. The van der Waals surface area contributed by atoms with E-state index in [0.717, 1.165) is 16.8 Å². The maximum Gasteiger partial charge on any atom is 0.325 e. The van der Waals surface area contributed by atoms with Crippen molar-refractivity contribution in [1.29, 1.82) is 0 Å². The fourth-order valence-electron chi connectivity index (χ4n) is 2.07. The molecule has 0 unspecified atom stereocenters. The first kappa shape index (κ1) is 17.9. The Balaban J connectivity index is 1.96. The zero-order valence-corrected chi connectivity index (χ0v) is 14.6. The van der Waals surface area contributed by atoms with Gasteiger partial charge >= 0.3 is 5.97 Å². The second kappa shape index (κ2) is 8.44. The van der Waals surface area contributed by atoms with E-state index in [2.05, 4.69) is 26.9 Å². The van der Waals surface area contributed by atoms with Gasteiger partial charge in [0.2, 0.25) is 11.1 Å². The van der Waals surface area contributed by atoms with Crippen LogP contribution in [0.4, 0.5) is 0 Å². The standard InChI is InChI=1S/C15H19N5O3S/c1-4-23-14(22)8-16-13(21)9-24-15-17-18-19-20(15)12-6-10(2)5-11(3)7-12/h5-7H,4,8-9H2,1-3H3,(H,16,21). The Labute approximate surface area is 144 Å². The number of tetrazole rings is 1. The fraction of sp³-hybridized carbons (Fsp3) is 0.400. The quantitative estimate of drug-likeness (QED) is 0.589. The lowest BCUT2D eigenvalue weighted by atomic mass is 10.1. The largest absolute Gasteiger partial charge is 0.465 e. The van der Waals surface area contributed by atoms with Crippen LogP contribution in [0.15, 0.2) is 23.4 Å². The number of amides is 1. The number of benzene rings is 1. The number of hydrogen-bond acceptors (Lipinski definition) is 7. The SMILES string of the molecule is CCOC(=O)CNC(=O)CSc1nnnn1-c1cc(C)cc(C)c1. The Morgan fingerprint density at radius 1 is 1.25 bits per heavy atom. The number of ether oxygens (including phenoxy) is 1. The van der Waals surface area contributed by atoms with Crippen molar-refractivity contribution in [2.24, 2.45) is 0 Å². The number of thioether (sulfide) groups is 1. The van der Waals surface area contributed by atoms with Gasteiger partial charge in [0.1, 0.15) is 6.54 Å². The van der Waals surface area contributed by atoms with Gasteiger partial charge in [-0.05, 0) is 54.5 Å². The molecule has 8 nitrogen and oxygen atoms in total. The molecule has 128 valence electrons. The highest BCUT2D eigenvalue weighted by Crippen LogP contribution is 2.19. The van der Waals surface area contributed by atoms with E-state index >= 15 is 0 Å². The van der Waals surface area contributed by atoms with Crippen molar-refractivity contribution >= 4 is 23.6 Å². The number of hydrogen-bond donors (Lipinski definition) is 1. The van der Waals surface area contributed by atoms with Crippen LogP contribution in [0, 0.1) is 13.8 Å². The Morgan fingerprint density at radius 3 is 2.62 bits per heavy atom. The molecule has 0 aliphatic heterocycles. The second-order valence-corrected chi connectivity index (χ2v) is 6.03. The Hall–Kier alpha value is -2.42. The van der Waals surface area contributed by atoms with Gasteiger partial charge < -0.3 is 10.1 Å². The van der Waals surface area contributed by atoms with E-state index in [1.165, 1.54) is 11.8 Å². The number of nitrogens with one attached hydrogen (secondary N) is 1. The number of esters is 1. The van der Waals surface area contributed by atoms with Gasteiger partial charge in [-0.1, -0.05) is 17.8 Å². The molecule has 9 heteroatoms. The molecule has 1 amide bonds. The first-order valence-corrected chi connectivity index (χ1v) is 8.40. The van der Waals surface area contributed by atoms with Crippen LogP contribution in [-0.4, -0.2) is 51.0 Å². The maximum atomic E-state index is 11.8. The van der Waals surface area contributed by atoms with Crippen LogP contribution in [-0.2, 0) is 14.3 Å². The summed E-state index contributed by atoms with van der Waals surface area (Å²) in [6.45, 7) is 5.85. The Morgan fingerprint density at radius 2 is 1.96 bits per heavy atom. The molecule has 1 N–H and O–H groups in total. The van der Waals surface area contributed by atoms with Crippen LogP contribution in [0.1, 0.15) is 18.1 Å². The number of carbonyl (C=O) groups is 2. The van der Waals surface area contributed by atoms with Crippen molar-refractivity contribution in [1.82, 2.24) is 25.5 Å². The van der Waals surface area contributed by atoms with E-state index in [4.69, 9.17) is 4.74 Å².